The van der Waals surface area contributed by atoms with Crippen molar-refractivity contribution in [3.8, 4) is 0 Å². The van der Waals surface area contributed by atoms with Gasteiger partial charge in [0, 0.05) is 13.1 Å². The summed E-state index contributed by atoms with van der Waals surface area (Å²) in [5, 5.41) is 3.32. The molecule has 0 saturated carbocycles. The fourth-order valence-electron chi connectivity index (χ4n) is 2.10. The molecule has 0 aliphatic rings. The fourth-order valence-corrected chi connectivity index (χ4v) is 2.10. The van der Waals surface area contributed by atoms with E-state index in [1.165, 1.54) is 12.7 Å². The molecule has 0 heterocycles. The van der Waals surface area contributed by atoms with Gasteiger partial charge in [0.1, 0.15) is 5.54 Å². The number of esters is 1. The maximum atomic E-state index is 12.2. The van der Waals surface area contributed by atoms with Crippen LogP contribution in [0.4, 0.5) is 0 Å². The van der Waals surface area contributed by atoms with Gasteiger partial charge in [0.15, 0.2) is 0 Å². The van der Waals surface area contributed by atoms with Crippen molar-refractivity contribution in [1.82, 2.24) is 10.2 Å². The molecule has 1 rings (SSSR count). The third kappa shape index (κ3) is 4.05. The van der Waals surface area contributed by atoms with Crippen molar-refractivity contribution in [2.45, 2.75) is 25.8 Å². The molecule has 0 fully saturated rings. The third-order valence-electron chi connectivity index (χ3n) is 3.57. The largest absolute Gasteiger partial charge is 0.467 e. The number of nitrogens with one attached hydrogen (secondary N) is 1. The average Bonchev–Trinajstić information content (AvgIpc) is 2.45. The Hall–Kier alpha value is -1.39. The van der Waals surface area contributed by atoms with Gasteiger partial charge in [-0.1, -0.05) is 31.2 Å². The zero-order valence-electron chi connectivity index (χ0n) is 13.2. The minimum absolute atomic E-state index is 0.263. The van der Waals surface area contributed by atoms with E-state index in [4.69, 9.17) is 4.74 Å². The summed E-state index contributed by atoms with van der Waals surface area (Å²) in [4.78, 5) is 14.2. The predicted molar refractivity (Wildman–Crippen MR) is 81.7 cm³/mol. The van der Waals surface area contributed by atoms with Gasteiger partial charge in [0.05, 0.1) is 7.11 Å². The lowest BCUT2D eigenvalue weighted by atomic mass is 9.91. The number of hydrogen-bond donors (Lipinski definition) is 1. The Bertz CT molecular complexity index is 429. The van der Waals surface area contributed by atoms with Crippen LogP contribution >= 0.6 is 0 Å². The minimum Gasteiger partial charge on any atom is -0.467 e. The van der Waals surface area contributed by atoms with E-state index < -0.39 is 5.54 Å². The van der Waals surface area contributed by atoms with Gasteiger partial charge < -0.3 is 9.64 Å². The van der Waals surface area contributed by atoms with Crippen LogP contribution < -0.4 is 5.32 Å². The first-order chi connectivity index (χ1) is 9.43. The molecule has 0 bridgehead atoms. The Morgan fingerprint density at radius 2 is 1.90 bits per heavy atom. The zero-order valence-corrected chi connectivity index (χ0v) is 13.2. The number of nitrogens with zero attached hydrogens (tertiary/aromatic N) is 1. The topological polar surface area (TPSA) is 41.6 Å². The molecule has 20 heavy (non-hydrogen) atoms. The molecular formula is C16H26N2O2. The van der Waals surface area contributed by atoms with Gasteiger partial charge in [-0.05, 0) is 38.6 Å². The first kappa shape index (κ1) is 16.7. The van der Waals surface area contributed by atoms with E-state index in [0.717, 1.165) is 18.5 Å². The molecule has 112 valence electrons. The Kier molecular flexibility index (Phi) is 6.17. The number of carbonyl (C=O) groups is 1. The summed E-state index contributed by atoms with van der Waals surface area (Å²) >= 11 is 0. The van der Waals surface area contributed by atoms with Crippen LogP contribution in [-0.2, 0) is 21.5 Å². The van der Waals surface area contributed by atoms with Crippen molar-refractivity contribution >= 4 is 5.97 Å². The zero-order chi connectivity index (χ0) is 15.2. The van der Waals surface area contributed by atoms with Gasteiger partial charge in [-0.15, -0.1) is 0 Å². The molecule has 0 aromatic heterocycles. The van der Waals surface area contributed by atoms with Gasteiger partial charge in [-0.3, -0.25) is 5.32 Å². The van der Waals surface area contributed by atoms with Crippen LogP contribution in [0.2, 0.25) is 0 Å². The van der Waals surface area contributed by atoms with Crippen LogP contribution in [0.15, 0.2) is 24.3 Å². The second kappa shape index (κ2) is 7.41. The second-order valence-electron chi connectivity index (χ2n) is 5.40. The quantitative estimate of drug-likeness (QED) is 0.772. The highest BCUT2D eigenvalue weighted by Crippen LogP contribution is 2.23. The van der Waals surface area contributed by atoms with E-state index >= 15 is 0 Å². The van der Waals surface area contributed by atoms with Gasteiger partial charge in [-0.25, -0.2) is 4.79 Å². The van der Waals surface area contributed by atoms with Gasteiger partial charge in [-0.2, -0.15) is 0 Å². The van der Waals surface area contributed by atoms with Crippen molar-refractivity contribution in [3.63, 3.8) is 0 Å². The fraction of sp³-hybridized carbons (Fsp3) is 0.562. The van der Waals surface area contributed by atoms with E-state index in [1.54, 1.807) is 0 Å². The molecule has 4 nitrogen and oxygen atoms in total. The molecule has 4 heteroatoms. The summed E-state index contributed by atoms with van der Waals surface area (Å²) < 4.78 is 4.97. The summed E-state index contributed by atoms with van der Waals surface area (Å²) in [7, 11) is 5.44. The van der Waals surface area contributed by atoms with Crippen molar-refractivity contribution < 1.29 is 9.53 Å². The lowest BCUT2D eigenvalue weighted by molar-refractivity contribution is -0.148. The smallest absolute Gasteiger partial charge is 0.330 e. The number of methoxy groups -OCH3 is 1. The second-order valence-corrected chi connectivity index (χ2v) is 5.40. The number of benzene rings is 1. The molecule has 1 aromatic carbocycles. The molecule has 0 spiro atoms. The Labute approximate surface area is 122 Å². The predicted octanol–water partition coefficient (Wildman–Crippen LogP) is 1.79. The lowest BCUT2D eigenvalue weighted by Crippen LogP contribution is -2.49. The summed E-state index contributed by atoms with van der Waals surface area (Å²) in [6.07, 6.45) is 0.989. The normalized spacial score (nSPS) is 14.1. The Morgan fingerprint density at radius 3 is 2.35 bits per heavy atom. The van der Waals surface area contributed by atoms with Crippen LogP contribution in [0.25, 0.3) is 0 Å². The van der Waals surface area contributed by atoms with Gasteiger partial charge in [0.2, 0.25) is 0 Å². The Morgan fingerprint density at radius 1 is 1.30 bits per heavy atom. The maximum absolute atomic E-state index is 12.2. The van der Waals surface area contributed by atoms with Gasteiger partial charge in [0.25, 0.3) is 0 Å². The molecule has 1 atom stereocenters. The van der Waals surface area contributed by atoms with Gasteiger partial charge >= 0.3 is 5.97 Å². The SMILES string of the molecule is CCc1ccc(C(C)(NCCN(C)C)C(=O)OC)cc1. The summed E-state index contributed by atoms with van der Waals surface area (Å²) in [6.45, 7) is 5.56. The first-order valence-electron chi connectivity index (χ1n) is 7.01. The number of carbonyl (C=O) groups excluding carboxylic acids is 1. The molecule has 1 N–H and O–H groups in total. The van der Waals surface area contributed by atoms with Crippen LogP contribution in [0, 0.1) is 0 Å². The van der Waals surface area contributed by atoms with Crippen LogP contribution in [0.5, 0.6) is 0 Å². The first-order valence-corrected chi connectivity index (χ1v) is 7.01. The number of rotatable bonds is 7. The summed E-state index contributed by atoms with van der Waals surface area (Å²) in [5.41, 5.74) is 1.38. The highest BCUT2D eigenvalue weighted by molar-refractivity contribution is 5.82. The number of aryl methyl sites for hydroxylation is 1. The Balaban J connectivity index is 2.94. The minimum atomic E-state index is -0.809. The summed E-state index contributed by atoms with van der Waals surface area (Å²) in [5.74, 6) is -0.263. The van der Waals surface area contributed by atoms with Crippen LogP contribution in [0.1, 0.15) is 25.0 Å². The van der Waals surface area contributed by atoms with Crippen LogP contribution in [0.3, 0.4) is 0 Å². The number of ether oxygens (including phenoxy) is 1. The summed E-state index contributed by atoms with van der Waals surface area (Å²) in [6, 6.07) is 8.12. The monoisotopic (exact) mass is 278 g/mol. The molecule has 0 amide bonds. The van der Waals surface area contributed by atoms with E-state index in [0.29, 0.717) is 6.54 Å². The van der Waals surface area contributed by atoms with E-state index in [2.05, 4.69) is 29.3 Å². The average molecular weight is 278 g/mol. The van der Waals surface area contributed by atoms with Crippen molar-refractivity contribution in [3.05, 3.63) is 35.4 Å². The molecule has 0 radical (unpaired) electrons. The highest BCUT2D eigenvalue weighted by Gasteiger charge is 2.35. The molecule has 0 aliphatic carbocycles. The lowest BCUT2D eigenvalue weighted by Gasteiger charge is -2.29. The van der Waals surface area contributed by atoms with Crippen molar-refractivity contribution in [2.24, 2.45) is 0 Å². The maximum Gasteiger partial charge on any atom is 0.330 e. The van der Waals surface area contributed by atoms with Crippen molar-refractivity contribution in [1.29, 1.82) is 0 Å². The van der Waals surface area contributed by atoms with E-state index in [9.17, 15) is 4.79 Å². The molecule has 1 aromatic rings. The van der Waals surface area contributed by atoms with E-state index in [1.807, 2.05) is 33.2 Å². The molecule has 0 aliphatic heterocycles. The number of likely N-dealkylation sites (N-methyl/N-ethyl adjacent to an activating group) is 1. The highest BCUT2D eigenvalue weighted by atomic mass is 16.5. The van der Waals surface area contributed by atoms with E-state index in [-0.39, 0.29) is 5.97 Å². The molecular weight excluding hydrogens is 252 g/mol. The third-order valence-corrected chi connectivity index (χ3v) is 3.57. The standard InChI is InChI=1S/C16H26N2O2/c1-6-13-7-9-14(10-8-13)16(2,15(19)20-5)17-11-12-18(3)4/h7-10,17H,6,11-12H2,1-5H3. The van der Waals surface area contributed by atoms with Crippen LogP contribution in [-0.4, -0.2) is 45.2 Å². The molecule has 0 saturated heterocycles. The van der Waals surface area contributed by atoms with Crippen molar-refractivity contribution in [2.75, 3.05) is 34.3 Å². The molecule has 1 unspecified atom stereocenters. The number of hydrogen-bond acceptors (Lipinski definition) is 4.